The summed E-state index contributed by atoms with van der Waals surface area (Å²) >= 11 is 0. The maximum atomic E-state index is 17.4. The second-order valence-electron chi connectivity index (χ2n) is 11.8. The predicted octanol–water partition coefficient (Wildman–Crippen LogP) is 3.55. The van der Waals surface area contributed by atoms with Crippen molar-refractivity contribution in [1.29, 1.82) is 0 Å². The Morgan fingerprint density at radius 1 is 1.16 bits per heavy atom. The highest BCUT2D eigenvalue weighted by Crippen LogP contribution is 2.72. The molecular weight excluding hydrogens is 490 g/mol. The van der Waals surface area contributed by atoms with Crippen molar-refractivity contribution in [3.63, 3.8) is 0 Å². The zero-order valence-electron chi connectivity index (χ0n) is 21.7. The Bertz CT molecular complexity index is 1100. The minimum absolute atomic E-state index is 0.0295. The standard InChI is InChI=1S/C27H34F2O8/c1-6-34-22(33)35-13-20(32)27-21(36-23(2,3)37-27)11-15-16-10-18(28)17-9-14(30)7-8-24(17,4)26(16,29)19(31)12-25(15,27)5/h7-9,15-16,18-19,21,31H,6,10-13H2,1-5H3/t15-,16-,18-,19-,21+,24-,25-,26-,27+/m0/s1. The number of rotatable bonds is 4. The Kier molecular flexibility index (Phi) is 5.83. The van der Waals surface area contributed by atoms with E-state index in [0.29, 0.717) is 0 Å². The first-order valence-electron chi connectivity index (χ1n) is 12.8. The van der Waals surface area contributed by atoms with Crippen LogP contribution in [0.1, 0.15) is 53.9 Å². The molecule has 0 radical (unpaired) electrons. The van der Waals surface area contributed by atoms with Gasteiger partial charge >= 0.3 is 6.16 Å². The van der Waals surface area contributed by atoms with Crippen LogP contribution in [0, 0.1) is 22.7 Å². The van der Waals surface area contributed by atoms with Crippen molar-refractivity contribution < 1.29 is 47.2 Å². The lowest BCUT2D eigenvalue weighted by atomic mass is 9.44. The van der Waals surface area contributed by atoms with Crippen LogP contribution in [0.25, 0.3) is 0 Å². The normalized spacial score (nSPS) is 47.3. The molecule has 1 aliphatic heterocycles. The maximum absolute atomic E-state index is 17.4. The molecule has 0 unspecified atom stereocenters. The number of hydrogen-bond donors (Lipinski definition) is 1. The van der Waals surface area contributed by atoms with Crippen molar-refractivity contribution in [2.24, 2.45) is 22.7 Å². The van der Waals surface area contributed by atoms with Gasteiger partial charge in [0.15, 0.2) is 29.4 Å². The van der Waals surface area contributed by atoms with Crippen LogP contribution in [0.4, 0.5) is 13.6 Å². The van der Waals surface area contributed by atoms with Crippen molar-refractivity contribution in [1.82, 2.24) is 0 Å². The van der Waals surface area contributed by atoms with Gasteiger partial charge in [-0.25, -0.2) is 13.6 Å². The van der Waals surface area contributed by atoms with Crippen molar-refractivity contribution in [3.05, 3.63) is 23.8 Å². The summed E-state index contributed by atoms with van der Waals surface area (Å²) in [6.07, 6.45) is -1.53. The van der Waals surface area contributed by atoms with Gasteiger partial charge in [0, 0.05) is 16.7 Å². The third-order valence-corrected chi connectivity index (χ3v) is 9.62. The molecule has 3 saturated carbocycles. The van der Waals surface area contributed by atoms with Crippen LogP contribution in [0.3, 0.4) is 0 Å². The molecule has 0 bridgehead atoms. The average molecular weight is 525 g/mol. The molecular formula is C27H34F2O8. The van der Waals surface area contributed by atoms with Gasteiger partial charge in [-0.05, 0) is 70.6 Å². The molecule has 9 atom stereocenters. The molecule has 37 heavy (non-hydrogen) atoms. The molecule has 1 saturated heterocycles. The smallest absolute Gasteiger partial charge is 0.435 e. The minimum Gasteiger partial charge on any atom is -0.435 e. The second kappa shape index (κ2) is 8.16. The topological polar surface area (TPSA) is 108 Å². The van der Waals surface area contributed by atoms with E-state index in [-0.39, 0.29) is 31.4 Å². The van der Waals surface area contributed by atoms with E-state index in [0.717, 1.165) is 6.08 Å². The molecule has 4 fully saturated rings. The summed E-state index contributed by atoms with van der Waals surface area (Å²) in [5.74, 6) is -3.76. The van der Waals surface area contributed by atoms with Gasteiger partial charge in [-0.2, -0.15) is 0 Å². The Morgan fingerprint density at radius 2 is 1.86 bits per heavy atom. The summed E-state index contributed by atoms with van der Waals surface area (Å²) in [5, 5.41) is 11.5. The summed E-state index contributed by atoms with van der Waals surface area (Å²) in [6, 6.07) is 0. The van der Waals surface area contributed by atoms with E-state index in [4.69, 9.17) is 18.9 Å². The van der Waals surface area contributed by atoms with Crippen LogP contribution in [0.2, 0.25) is 0 Å². The van der Waals surface area contributed by atoms with Crippen LogP contribution in [-0.2, 0) is 28.5 Å². The summed E-state index contributed by atoms with van der Waals surface area (Å²) in [4.78, 5) is 37.6. The molecule has 10 heteroatoms. The second-order valence-corrected chi connectivity index (χ2v) is 11.8. The van der Waals surface area contributed by atoms with Gasteiger partial charge in [-0.3, -0.25) is 9.59 Å². The molecule has 0 aromatic heterocycles. The number of aliphatic hydroxyl groups is 1. The molecule has 5 rings (SSSR count). The number of hydrogen-bond acceptors (Lipinski definition) is 8. The number of Topliss-reactive ketones (excluding diaryl/α,β-unsaturated/α-hetero) is 1. The van der Waals surface area contributed by atoms with Gasteiger partial charge in [0.1, 0.15) is 6.17 Å². The first kappa shape index (κ1) is 26.4. The average Bonchev–Trinajstić information content (AvgIpc) is 3.22. The van der Waals surface area contributed by atoms with Crippen molar-refractivity contribution in [2.45, 2.75) is 89.3 Å². The molecule has 5 aliphatic rings. The molecule has 204 valence electrons. The Hall–Kier alpha value is -2.17. The van der Waals surface area contributed by atoms with E-state index in [9.17, 15) is 19.5 Å². The number of ketones is 2. The van der Waals surface area contributed by atoms with Crippen molar-refractivity contribution in [3.8, 4) is 0 Å². The molecule has 1 heterocycles. The number of alkyl halides is 2. The highest BCUT2D eigenvalue weighted by atomic mass is 19.1. The van der Waals surface area contributed by atoms with Gasteiger partial charge in [0.25, 0.3) is 0 Å². The largest absolute Gasteiger partial charge is 0.508 e. The Balaban J connectivity index is 1.57. The van der Waals surface area contributed by atoms with Gasteiger partial charge in [0.2, 0.25) is 5.78 Å². The van der Waals surface area contributed by atoms with E-state index in [1.165, 1.54) is 19.1 Å². The highest BCUT2D eigenvalue weighted by molar-refractivity contribution is 6.01. The number of fused-ring (bicyclic) bond motifs is 7. The van der Waals surface area contributed by atoms with Crippen LogP contribution in [0.15, 0.2) is 23.8 Å². The van der Waals surface area contributed by atoms with E-state index >= 15 is 8.78 Å². The lowest BCUT2D eigenvalue weighted by Crippen LogP contribution is -2.71. The quantitative estimate of drug-likeness (QED) is 0.557. The van der Waals surface area contributed by atoms with Crippen LogP contribution in [-0.4, -0.2) is 71.5 Å². The van der Waals surface area contributed by atoms with Gasteiger partial charge in [-0.1, -0.05) is 13.0 Å². The molecule has 0 aromatic carbocycles. The fourth-order valence-corrected chi connectivity index (χ4v) is 8.19. The summed E-state index contributed by atoms with van der Waals surface area (Å²) in [5.41, 5.74) is -6.61. The first-order chi connectivity index (χ1) is 17.2. The fraction of sp³-hybridized carbons (Fsp3) is 0.741. The number of aliphatic hydroxyl groups excluding tert-OH is 1. The summed E-state index contributed by atoms with van der Waals surface area (Å²) in [7, 11) is 0. The number of halogens is 2. The third-order valence-electron chi connectivity index (χ3n) is 9.62. The molecule has 8 nitrogen and oxygen atoms in total. The fourth-order valence-electron chi connectivity index (χ4n) is 8.19. The van der Waals surface area contributed by atoms with Crippen molar-refractivity contribution >= 4 is 17.7 Å². The number of carbonyl (C=O) groups excluding carboxylic acids is 3. The number of ether oxygens (including phenoxy) is 4. The zero-order valence-corrected chi connectivity index (χ0v) is 21.7. The molecule has 4 aliphatic carbocycles. The Morgan fingerprint density at radius 3 is 2.54 bits per heavy atom. The number of allylic oxidation sites excluding steroid dienone is 4. The summed E-state index contributed by atoms with van der Waals surface area (Å²) in [6.45, 7) is 7.60. The minimum atomic E-state index is -2.29. The van der Waals surface area contributed by atoms with E-state index in [2.05, 4.69) is 0 Å². The Labute approximate surface area is 214 Å². The predicted molar refractivity (Wildman–Crippen MR) is 125 cm³/mol. The van der Waals surface area contributed by atoms with E-state index in [1.807, 2.05) is 0 Å². The molecule has 1 N–H and O–H groups in total. The van der Waals surface area contributed by atoms with Crippen LogP contribution in [0.5, 0.6) is 0 Å². The lowest BCUT2D eigenvalue weighted by molar-refractivity contribution is -0.249. The van der Waals surface area contributed by atoms with Crippen molar-refractivity contribution in [2.75, 3.05) is 13.2 Å². The zero-order chi connectivity index (χ0) is 27.2. The van der Waals surface area contributed by atoms with Gasteiger partial charge in [-0.15, -0.1) is 0 Å². The van der Waals surface area contributed by atoms with Crippen LogP contribution >= 0.6 is 0 Å². The SMILES string of the molecule is CCOC(=O)OCC(=O)[C@@]12OC(C)(C)O[C@@H]1C[C@H]1[C@@H]3C[C@H](F)C4=CC(=O)C=C[C@]4(C)[C@@]3(F)[C@@H](O)C[C@@]12C. The van der Waals surface area contributed by atoms with E-state index < -0.39 is 82.4 Å². The molecule has 0 aromatic rings. The maximum Gasteiger partial charge on any atom is 0.508 e. The van der Waals surface area contributed by atoms with Gasteiger partial charge in [0.05, 0.1) is 18.8 Å². The van der Waals surface area contributed by atoms with E-state index in [1.54, 1.807) is 27.7 Å². The molecule has 0 spiro atoms. The lowest BCUT2D eigenvalue weighted by Gasteiger charge is -2.63. The monoisotopic (exact) mass is 524 g/mol. The first-order valence-corrected chi connectivity index (χ1v) is 12.8. The molecule has 0 amide bonds. The number of carbonyl (C=O) groups is 3. The highest BCUT2D eigenvalue weighted by Gasteiger charge is 2.80. The van der Waals surface area contributed by atoms with Gasteiger partial charge < -0.3 is 24.1 Å². The third kappa shape index (κ3) is 3.31. The van der Waals surface area contributed by atoms with Crippen LogP contribution < -0.4 is 0 Å². The summed E-state index contributed by atoms with van der Waals surface area (Å²) < 4.78 is 55.3.